The first-order valence-electron chi connectivity index (χ1n) is 4.56. The van der Waals surface area contributed by atoms with Gasteiger partial charge in [-0.15, -0.1) is 0 Å². The maximum Gasteiger partial charge on any atom is 0.162 e. The van der Waals surface area contributed by atoms with Crippen molar-refractivity contribution in [2.24, 2.45) is 0 Å². The van der Waals surface area contributed by atoms with E-state index in [9.17, 15) is 4.39 Å². The first-order valence-corrected chi connectivity index (χ1v) is 4.56. The molecule has 2 aromatic rings. The molecule has 0 N–H and O–H groups in total. The number of halogens is 1. The summed E-state index contributed by atoms with van der Waals surface area (Å²) < 4.78 is 12.6. The third kappa shape index (κ3) is 1.86. The number of aromatic nitrogens is 3. The Bertz CT molecular complexity index is 557. The van der Waals surface area contributed by atoms with Gasteiger partial charge in [0, 0.05) is 5.69 Å². The average Bonchev–Trinajstić information content (AvgIpc) is 2.30. The van der Waals surface area contributed by atoms with Gasteiger partial charge in [0.25, 0.3) is 0 Å². The first kappa shape index (κ1) is 10.2. The van der Waals surface area contributed by atoms with Crippen LogP contribution in [0.4, 0.5) is 4.39 Å². The normalized spacial score (nSPS) is 9.81. The third-order valence-electron chi connectivity index (χ3n) is 2.00. The summed E-state index contributed by atoms with van der Waals surface area (Å²) in [7, 11) is 0. The lowest BCUT2D eigenvalue weighted by atomic mass is 10.1. The van der Waals surface area contributed by atoms with E-state index in [2.05, 4.69) is 15.0 Å². The summed E-state index contributed by atoms with van der Waals surface area (Å²) in [5, 5.41) is 8.92. The van der Waals surface area contributed by atoms with Crippen LogP contribution < -0.4 is 0 Å². The second kappa shape index (κ2) is 4.03. The highest BCUT2D eigenvalue weighted by molar-refractivity contribution is 5.61. The van der Waals surface area contributed by atoms with Crippen LogP contribution in [0.15, 0.2) is 24.5 Å². The van der Waals surface area contributed by atoms with E-state index < -0.39 is 5.82 Å². The van der Waals surface area contributed by atoms with Gasteiger partial charge in [-0.25, -0.2) is 19.3 Å². The Labute approximate surface area is 91.4 Å². The van der Waals surface area contributed by atoms with E-state index in [1.165, 1.54) is 0 Å². The van der Waals surface area contributed by atoms with E-state index in [0.29, 0.717) is 11.4 Å². The molecule has 0 aliphatic rings. The van der Waals surface area contributed by atoms with Crippen molar-refractivity contribution in [3.8, 4) is 17.5 Å². The van der Waals surface area contributed by atoms with E-state index in [4.69, 9.17) is 5.26 Å². The summed E-state index contributed by atoms with van der Waals surface area (Å²) in [6.45, 7) is 1.79. The predicted molar refractivity (Wildman–Crippen MR) is 54.7 cm³/mol. The topological polar surface area (TPSA) is 62.5 Å². The van der Waals surface area contributed by atoms with Crippen LogP contribution >= 0.6 is 0 Å². The SMILES string of the molecule is Cc1ccc(-c2ncc(F)cn2)c(C#N)n1. The number of rotatable bonds is 1. The average molecular weight is 214 g/mol. The van der Waals surface area contributed by atoms with Crippen molar-refractivity contribution in [2.45, 2.75) is 6.92 Å². The molecule has 2 heterocycles. The highest BCUT2D eigenvalue weighted by atomic mass is 19.1. The molecule has 5 heteroatoms. The lowest BCUT2D eigenvalue weighted by Crippen LogP contribution is -1.96. The lowest BCUT2D eigenvalue weighted by molar-refractivity contribution is 0.614. The molecule has 2 rings (SSSR count). The van der Waals surface area contributed by atoms with Gasteiger partial charge in [-0.2, -0.15) is 5.26 Å². The Morgan fingerprint density at radius 3 is 2.56 bits per heavy atom. The van der Waals surface area contributed by atoms with Crippen molar-refractivity contribution in [1.29, 1.82) is 5.26 Å². The highest BCUT2D eigenvalue weighted by Crippen LogP contribution is 2.17. The fourth-order valence-corrected chi connectivity index (χ4v) is 1.27. The zero-order valence-electron chi connectivity index (χ0n) is 8.48. The number of hydrogen-bond acceptors (Lipinski definition) is 4. The molecule has 0 fully saturated rings. The first-order chi connectivity index (χ1) is 7.70. The quantitative estimate of drug-likeness (QED) is 0.726. The minimum Gasteiger partial charge on any atom is -0.242 e. The largest absolute Gasteiger partial charge is 0.242 e. The van der Waals surface area contributed by atoms with Gasteiger partial charge in [-0.05, 0) is 19.1 Å². The molecule has 0 aliphatic carbocycles. The molecule has 0 spiro atoms. The number of hydrogen-bond donors (Lipinski definition) is 0. The molecule has 16 heavy (non-hydrogen) atoms. The molecule has 0 amide bonds. The lowest BCUT2D eigenvalue weighted by Gasteiger charge is -2.02. The van der Waals surface area contributed by atoms with E-state index in [1.807, 2.05) is 6.07 Å². The van der Waals surface area contributed by atoms with Crippen LogP contribution in [-0.4, -0.2) is 15.0 Å². The summed E-state index contributed by atoms with van der Waals surface area (Å²) in [5.74, 6) is -0.215. The van der Waals surface area contributed by atoms with Gasteiger partial charge >= 0.3 is 0 Å². The van der Waals surface area contributed by atoms with Gasteiger partial charge in [0.15, 0.2) is 17.3 Å². The maximum atomic E-state index is 12.6. The fraction of sp³-hybridized carbons (Fsp3) is 0.0909. The van der Waals surface area contributed by atoms with Gasteiger partial charge in [0.1, 0.15) is 6.07 Å². The maximum absolute atomic E-state index is 12.6. The van der Waals surface area contributed by atoms with Crippen LogP contribution in [0.5, 0.6) is 0 Å². The molecule has 0 atom stereocenters. The fourth-order valence-electron chi connectivity index (χ4n) is 1.27. The van der Waals surface area contributed by atoms with Crippen LogP contribution in [0.25, 0.3) is 11.4 Å². The van der Waals surface area contributed by atoms with E-state index in [-0.39, 0.29) is 5.69 Å². The third-order valence-corrected chi connectivity index (χ3v) is 2.00. The molecule has 4 nitrogen and oxygen atoms in total. The van der Waals surface area contributed by atoms with Crippen LogP contribution in [-0.2, 0) is 0 Å². The van der Waals surface area contributed by atoms with Crippen LogP contribution in [0, 0.1) is 24.1 Å². The molecule has 0 bridgehead atoms. The zero-order chi connectivity index (χ0) is 11.5. The Kier molecular flexibility index (Phi) is 2.56. The Balaban J connectivity index is 2.56. The molecule has 0 radical (unpaired) electrons. The van der Waals surface area contributed by atoms with Crippen molar-refractivity contribution in [3.63, 3.8) is 0 Å². The molecule has 78 valence electrons. The number of aryl methyl sites for hydroxylation is 1. The van der Waals surface area contributed by atoms with E-state index in [0.717, 1.165) is 18.1 Å². The van der Waals surface area contributed by atoms with Gasteiger partial charge in [-0.3, -0.25) is 0 Å². The second-order valence-corrected chi connectivity index (χ2v) is 3.19. The minimum absolute atomic E-state index is 0.242. The van der Waals surface area contributed by atoms with Crippen molar-refractivity contribution in [2.75, 3.05) is 0 Å². The van der Waals surface area contributed by atoms with Crippen molar-refractivity contribution in [3.05, 3.63) is 41.7 Å². The van der Waals surface area contributed by atoms with E-state index in [1.54, 1.807) is 19.1 Å². The monoisotopic (exact) mass is 214 g/mol. The van der Waals surface area contributed by atoms with Crippen molar-refractivity contribution in [1.82, 2.24) is 15.0 Å². The molecule has 2 aromatic heterocycles. The summed E-state index contributed by atoms with van der Waals surface area (Å²) in [4.78, 5) is 11.7. The summed E-state index contributed by atoms with van der Waals surface area (Å²) >= 11 is 0. The molecular weight excluding hydrogens is 207 g/mol. The Morgan fingerprint density at radius 2 is 1.94 bits per heavy atom. The zero-order valence-corrected chi connectivity index (χ0v) is 8.48. The predicted octanol–water partition coefficient (Wildman–Crippen LogP) is 1.86. The Hall–Kier alpha value is -2.35. The molecule has 0 unspecified atom stereocenters. The van der Waals surface area contributed by atoms with Crippen molar-refractivity contribution < 1.29 is 4.39 Å². The molecular formula is C11H7FN4. The summed E-state index contributed by atoms with van der Waals surface area (Å²) in [5.41, 5.74) is 1.49. The molecule has 0 saturated carbocycles. The van der Waals surface area contributed by atoms with Crippen LogP contribution in [0.1, 0.15) is 11.4 Å². The number of pyridine rings is 1. The summed E-state index contributed by atoms with van der Waals surface area (Å²) in [6, 6.07) is 5.42. The second-order valence-electron chi connectivity index (χ2n) is 3.19. The van der Waals surface area contributed by atoms with Gasteiger partial charge in [-0.1, -0.05) is 0 Å². The molecule has 0 aliphatic heterocycles. The number of nitrogens with zero attached hydrogens (tertiary/aromatic N) is 4. The van der Waals surface area contributed by atoms with Crippen LogP contribution in [0.3, 0.4) is 0 Å². The van der Waals surface area contributed by atoms with Gasteiger partial charge in [0.05, 0.1) is 18.0 Å². The Morgan fingerprint density at radius 1 is 1.25 bits per heavy atom. The number of nitriles is 1. The highest BCUT2D eigenvalue weighted by Gasteiger charge is 2.09. The van der Waals surface area contributed by atoms with Gasteiger partial charge < -0.3 is 0 Å². The smallest absolute Gasteiger partial charge is 0.162 e. The molecule has 0 aromatic carbocycles. The molecule has 0 saturated heterocycles. The van der Waals surface area contributed by atoms with Crippen LogP contribution in [0.2, 0.25) is 0 Å². The summed E-state index contributed by atoms with van der Waals surface area (Å²) in [6.07, 6.45) is 2.12. The standard InChI is InChI=1S/C11H7FN4/c1-7-2-3-9(10(4-13)16-7)11-14-5-8(12)6-15-11/h2-3,5-6H,1H3. The minimum atomic E-state index is -0.512. The van der Waals surface area contributed by atoms with Gasteiger partial charge in [0.2, 0.25) is 0 Å². The van der Waals surface area contributed by atoms with Crippen molar-refractivity contribution >= 4 is 0 Å². The van der Waals surface area contributed by atoms with E-state index >= 15 is 0 Å².